The summed E-state index contributed by atoms with van der Waals surface area (Å²) in [6.45, 7) is 1.96. The number of carbonyl (C=O) groups excluding carboxylic acids is 1. The summed E-state index contributed by atoms with van der Waals surface area (Å²) in [5, 5.41) is 6.69. The molecule has 0 aliphatic heterocycles. The molecule has 0 unspecified atom stereocenters. The van der Waals surface area contributed by atoms with Crippen molar-refractivity contribution < 1.29 is 4.79 Å². The van der Waals surface area contributed by atoms with Crippen LogP contribution < -0.4 is 5.73 Å². The molecule has 5 aromatic rings. The fourth-order valence-electron chi connectivity index (χ4n) is 3.60. The third-order valence-electron chi connectivity index (χ3n) is 5.06. The number of aromatic nitrogens is 4. The number of fused-ring (bicyclic) bond motifs is 3. The van der Waals surface area contributed by atoms with Crippen LogP contribution in [0.4, 0.5) is 5.82 Å². The lowest BCUT2D eigenvalue weighted by Crippen LogP contribution is -1.98. The van der Waals surface area contributed by atoms with Crippen molar-refractivity contribution in [1.82, 2.24) is 19.7 Å². The largest absolute Gasteiger partial charge is 0.384 e. The predicted molar refractivity (Wildman–Crippen MR) is 114 cm³/mol. The van der Waals surface area contributed by atoms with E-state index in [1.807, 2.05) is 54.2 Å². The summed E-state index contributed by atoms with van der Waals surface area (Å²) in [6, 6.07) is 17.3. The van der Waals surface area contributed by atoms with E-state index in [2.05, 4.69) is 16.0 Å². The standard InChI is InChI=1S/C23H17N5O/c1-14-20-12-25-21-7-5-16(17-6-8-22(24)26-11-17)10-19(21)23(20)28(27-14)18-4-2-3-15(9-18)13-29/h2-13H,1H3,(H2,24,26). The second-order valence-electron chi connectivity index (χ2n) is 6.93. The molecule has 0 amide bonds. The Balaban J connectivity index is 1.81. The van der Waals surface area contributed by atoms with Crippen LogP contribution in [0.5, 0.6) is 0 Å². The van der Waals surface area contributed by atoms with Crippen LogP contribution in [0.15, 0.2) is 67.0 Å². The Kier molecular flexibility index (Phi) is 3.84. The maximum Gasteiger partial charge on any atom is 0.150 e. The second-order valence-corrected chi connectivity index (χ2v) is 6.93. The number of anilines is 1. The third kappa shape index (κ3) is 2.82. The Labute approximate surface area is 166 Å². The zero-order valence-corrected chi connectivity index (χ0v) is 15.7. The number of pyridine rings is 2. The van der Waals surface area contributed by atoms with E-state index in [-0.39, 0.29) is 0 Å². The molecule has 0 saturated heterocycles. The van der Waals surface area contributed by atoms with Crippen LogP contribution in [0, 0.1) is 6.92 Å². The Morgan fingerprint density at radius 2 is 1.79 bits per heavy atom. The average molecular weight is 379 g/mol. The quantitative estimate of drug-likeness (QED) is 0.471. The number of aldehydes is 1. The minimum atomic E-state index is 0.488. The molecule has 5 rings (SSSR count). The Bertz CT molecular complexity index is 1390. The molecule has 0 bridgehead atoms. The van der Waals surface area contributed by atoms with Gasteiger partial charge in [0.15, 0.2) is 0 Å². The van der Waals surface area contributed by atoms with E-state index in [0.717, 1.165) is 50.6 Å². The van der Waals surface area contributed by atoms with Crippen molar-refractivity contribution in [1.29, 1.82) is 0 Å². The molecule has 0 radical (unpaired) electrons. The van der Waals surface area contributed by atoms with Crippen LogP contribution in [0.1, 0.15) is 16.1 Å². The van der Waals surface area contributed by atoms with Crippen molar-refractivity contribution in [2.75, 3.05) is 5.73 Å². The predicted octanol–water partition coefficient (Wildman–Crippen LogP) is 4.34. The Morgan fingerprint density at radius 3 is 2.59 bits per heavy atom. The summed E-state index contributed by atoms with van der Waals surface area (Å²) in [5.74, 6) is 0.488. The topological polar surface area (TPSA) is 86.7 Å². The van der Waals surface area contributed by atoms with Crippen LogP contribution in [-0.4, -0.2) is 26.0 Å². The molecule has 6 heteroatoms. The van der Waals surface area contributed by atoms with E-state index >= 15 is 0 Å². The number of carbonyl (C=O) groups is 1. The molecule has 2 N–H and O–H groups in total. The summed E-state index contributed by atoms with van der Waals surface area (Å²) < 4.78 is 1.88. The SMILES string of the molecule is Cc1nn(-c2cccc(C=O)c2)c2c1cnc1ccc(-c3ccc(N)nc3)cc12. The van der Waals surface area contributed by atoms with E-state index in [4.69, 9.17) is 10.8 Å². The minimum absolute atomic E-state index is 0.488. The lowest BCUT2D eigenvalue weighted by atomic mass is 10.0. The highest BCUT2D eigenvalue weighted by atomic mass is 16.1. The zero-order chi connectivity index (χ0) is 20.0. The summed E-state index contributed by atoms with van der Waals surface area (Å²) >= 11 is 0. The van der Waals surface area contributed by atoms with Crippen molar-refractivity contribution >= 4 is 33.9 Å². The summed E-state index contributed by atoms with van der Waals surface area (Å²) in [6.07, 6.45) is 4.46. The number of nitrogens with zero attached hydrogens (tertiary/aromatic N) is 4. The van der Waals surface area contributed by atoms with Crippen LogP contribution in [0.25, 0.3) is 38.6 Å². The molecule has 0 aliphatic carbocycles. The van der Waals surface area contributed by atoms with Crippen molar-refractivity contribution in [3.63, 3.8) is 0 Å². The van der Waals surface area contributed by atoms with Crippen LogP contribution in [0.3, 0.4) is 0 Å². The third-order valence-corrected chi connectivity index (χ3v) is 5.06. The van der Waals surface area contributed by atoms with Gasteiger partial charge in [-0.15, -0.1) is 0 Å². The summed E-state index contributed by atoms with van der Waals surface area (Å²) in [5.41, 5.74) is 11.9. The van der Waals surface area contributed by atoms with Gasteiger partial charge < -0.3 is 5.73 Å². The van der Waals surface area contributed by atoms with Crippen LogP contribution >= 0.6 is 0 Å². The molecule has 0 fully saturated rings. The number of rotatable bonds is 3. The number of nitrogens with two attached hydrogens (primary N) is 1. The van der Waals surface area contributed by atoms with Crippen molar-refractivity contribution in [2.45, 2.75) is 6.92 Å². The second kappa shape index (κ2) is 6.53. The van der Waals surface area contributed by atoms with Gasteiger partial charge in [0.2, 0.25) is 0 Å². The van der Waals surface area contributed by atoms with Crippen molar-refractivity contribution in [2.24, 2.45) is 0 Å². The average Bonchev–Trinajstić information content (AvgIpc) is 3.11. The highest BCUT2D eigenvalue weighted by Gasteiger charge is 2.14. The molecule has 3 heterocycles. The zero-order valence-electron chi connectivity index (χ0n) is 15.7. The number of hydrogen-bond donors (Lipinski definition) is 1. The number of nitrogen functional groups attached to an aromatic ring is 1. The molecule has 3 aromatic heterocycles. The van der Waals surface area contributed by atoms with Crippen molar-refractivity contribution in [3.8, 4) is 16.8 Å². The lowest BCUT2D eigenvalue weighted by Gasteiger charge is -2.08. The first kappa shape index (κ1) is 17.1. The number of hydrogen-bond acceptors (Lipinski definition) is 5. The van der Waals surface area contributed by atoms with Gasteiger partial charge in [-0.2, -0.15) is 5.10 Å². The molecule has 0 spiro atoms. The maximum atomic E-state index is 11.2. The Hall–Kier alpha value is -4.06. The fourth-order valence-corrected chi connectivity index (χ4v) is 3.60. The van der Waals surface area contributed by atoms with Gasteiger partial charge in [-0.3, -0.25) is 9.78 Å². The number of benzene rings is 2. The smallest absolute Gasteiger partial charge is 0.150 e. The van der Waals surface area contributed by atoms with Gasteiger partial charge in [0.05, 0.1) is 22.4 Å². The van der Waals surface area contributed by atoms with Gasteiger partial charge in [-0.1, -0.05) is 18.2 Å². The molecule has 29 heavy (non-hydrogen) atoms. The molecular weight excluding hydrogens is 362 g/mol. The van der Waals surface area contributed by atoms with E-state index in [0.29, 0.717) is 11.4 Å². The van der Waals surface area contributed by atoms with Crippen LogP contribution in [-0.2, 0) is 0 Å². The van der Waals surface area contributed by atoms with Gasteiger partial charge in [0.1, 0.15) is 12.1 Å². The first-order valence-corrected chi connectivity index (χ1v) is 9.19. The van der Waals surface area contributed by atoms with E-state index < -0.39 is 0 Å². The van der Waals surface area contributed by atoms with E-state index in [1.54, 1.807) is 18.3 Å². The van der Waals surface area contributed by atoms with E-state index in [1.165, 1.54) is 0 Å². The van der Waals surface area contributed by atoms with Gasteiger partial charge in [-0.25, -0.2) is 9.67 Å². The lowest BCUT2D eigenvalue weighted by molar-refractivity contribution is 0.112. The highest BCUT2D eigenvalue weighted by molar-refractivity contribution is 6.06. The molecule has 2 aromatic carbocycles. The van der Waals surface area contributed by atoms with Gasteiger partial charge in [0.25, 0.3) is 0 Å². The molecule has 0 saturated carbocycles. The first-order chi connectivity index (χ1) is 14.1. The normalized spacial score (nSPS) is 11.2. The number of aryl methyl sites for hydroxylation is 1. The summed E-state index contributed by atoms with van der Waals surface area (Å²) in [4.78, 5) is 20.1. The molecule has 0 aliphatic rings. The molecule has 6 nitrogen and oxygen atoms in total. The van der Waals surface area contributed by atoms with Crippen molar-refractivity contribution in [3.05, 3.63) is 78.2 Å². The van der Waals surface area contributed by atoms with Gasteiger partial charge in [0, 0.05) is 34.3 Å². The highest BCUT2D eigenvalue weighted by Crippen LogP contribution is 2.31. The fraction of sp³-hybridized carbons (Fsp3) is 0.0435. The van der Waals surface area contributed by atoms with E-state index in [9.17, 15) is 4.79 Å². The Morgan fingerprint density at radius 1 is 0.931 bits per heavy atom. The molecular formula is C23H17N5O. The molecule has 0 atom stereocenters. The van der Waals surface area contributed by atoms with Crippen LogP contribution in [0.2, 0.25) is 0 Å². The maximum absolute atomic E-state index is 11.2. The first-order valence-electron chi connectivity index (χ1n) is 9.19. The molecule has 140 valence electrons. The minimum Gasteiger partial charge on any atom is -0.384 e. The summed E-state index contributed by atoms with van der Waals surface area (Å²) in [7, 11) is 0. The monoisotopic (exact) mass is 379 g/mol. The van der Waals surface area contributed by atoms with Gasteiger partial charge >= 0.3 is 0 Å². The van der Waals surface area contributed by atoms with Gasteiger partial charge in [-0.05, 0) is 48.9 Å².